The van der Waals surface area contributed by atoms with Gasteiger partial charge in [0, 0.05) is 17.3 Å². The lowest BCUT2D eigenvalue weighted by Gasteiger charge is -2.26. The Morgan fingerprint density at radius 3 is 2.53 bits per heavy atom. The first-order valence-corrected chi connectivity index (χ1v) is 6.19. The van der Waals surface area contributed by atoms with Gasteiger partial charge in [-0.15, -0.1) is 23.2 Å². The standard InChI is InChI=1S/C12H14Cl2FNO/c1-8-3-4-9(15)5-10(8)11(17)16-12(2,6-13)7-14/h3-5H,6-7H2,1-2H3,(H,16,17). The zero-order chi connectivity index (χ0) is 13.1. The summed E-state index contributed by atoms with van der Waals surface area (Å²) in [4.78, 5) is 12.0. The van der Waals surface area contributed by atoms with E-state index in [9.17, 15) is 9.18 Å². The maximum absolute atomic E-state index is 13.1. The minimum Gasteiger partial charge on any atom is -0.344 e. The Hall–Kier alpha value is -0.800. The van der Waals surface area contributed by atoms with Crippen LogP contribution in [0.2, 0.25) is 0 Å². The minimum absolute atomic E-state index is 0.191. The van der Waals surface area contributed by atoms with Crippen molar-refractivity contribution in [3.63, 3.8) is 0 Å². The van der Waals surface area contributed by atoms with E-state index in [0.29, 0.717) is 11.1 Å². The van der Waals surface area contributed by atoms with Crippen molar-refractivity contribution in [3.05, 3.63) is 35.1 Å². The Balaban J connectivity index is 2.94. The molecule has 0 fully saturated rings. The van der Waals surface area contributed by atoms with Crippen LogP contribution in [0.4, 0.5) is 4.39 Å². The van der Waals surface area contributed by atoms with Crippen LogP contribution in [0.5, 0.6) is 0 Å². The fourth-order valence-corrected chi connectivity index (χ4v) is 1.70. The molecule has 1 aromatic rings. The fourth-order valence-electron chi connectivity index (χ4n) is 1.28. The summed E-state index contributed by atoms with van der Waals surface area (Å²) in [5, 5.41) is 2.71. The molecule has 0 unspecified atom stereocenters. The molecule has 1 rings (SSSR count). The molecule has 5 heteroatoms. The van der Waals surface area contributed by atoms with Gasteiger partial charge in [-0.1, -0.05) is 6.07 Å². The van der Waals surface area contributed by atoms with Gasteiger partial charge in [0.1, 0.15) is 5.82 Å². The molecule has 1 amide bonds. The van der Waals surface area contributed by atoms with Gasteiger partial charge in [-0.05, 0) is 31.5 Å². The van der Waals surface area contributed by atoms with Crippen LogP contribution in [-0.4, -0.2) is 23.2 Å². The molecule has 2 nitrogen and oxygen atoms in total. The average molecular weight is 278 g/mol. The number of carbonyl (C=O) groups is 1. The van der Waals surface area contributed by atoms with Crippen molar-refractivity contribution in [2.45, 2.75) is 19.4 Å². The van der Waals surface area contributed by atoms with E-state index in [1.807, 2.05) is 0 Å². The lowest BCUT2D eigenvalue weighted by molar-refractivity contribution is 0.0920. The van der Waals surface area contributed by atoms with Gasteiger partial charge in [-0.25, -0.2) is 4.39 Å². The van der Waals surface area contributed by atoms with Crippen molar-refractivity contribution < 1.29 is 9.18 Å². The lowest BCUT2D eigenvalue weighted by atomic mass is 10.0. The highest BCUT2D eigenvalue weighted by atomic mass is 35.5. The Labute approximate surface area is 110 Å². The minimum atomic E-state index is -0.695. The summed E-state index contributed by atoms with van der Waals surface area (Å²) in [5.41, 5.74) is 0.306. The van der Waals surface area contributed by atoms with Crippen LogP contribution in [0.25, 0.3) is 0 Å². The Morgan fingerprint density at radius 2 is 2.00 bits per heavy atom. The monoisotopic (exact) mass is 277 g/mol. The van der Waals surface area contributed by atoms with Crippen LogP contribution in [0.1, 0.15) is 22.8 Å². The number of nitrogens with one attached hydrogen (secondary N) is 1. The van der Waals surface area contributed by atoms with Crippen LogP contribution in [-0.2, 0) is 0 Å². The molecule has 94 valence electrons. The summed E-state index contributed by atoms with van der Waals surface area (Å²) in [7, 11) is 0. The van der Waals surface area contributed by atoms with E-state index in [-0.39, 0.29) is 17.7 Å². The summed E-state index contributed by atoms with van der Waals surface area (Å²) >= 11 is 11.5. The smallest absolute Gasteiger partial charge is 0.252 e. The van der Waals surface area contributed by atoms with E-state index in [1.54, 1.807) is 19.9 Å². The van der Waals surface area contributed by atoms with E-state index in [0.717, 1.165) is 0 Å². The Morgan fingerprint density at radius 1 is 1.41 bits per heavy atom. The predicted molar refractivity (Wildman–Crippen MR) is 68.4 cm³/mol. The summed E-state index contributed by atoms with van der Waals surface area (Å²) in [6.45, 7) is 3.48. The number of alkyl halides is 2. The van der Waals surface area contributed by atoms with Gasteiger partial charge in [0.05, 0.1) is 5.54 Å². The van der Waals surface area contributed by atoms with Gasteiger partial charge in [0.15, 0.2) is 0 Å². The molecule has 17 heavy (non-hydrogen) atoms. The SMILES string of the molecule is Cc1ccc(F)cc1C(=O)NC(C)(CCl)CCl. The third kappa shape index (κ3) is 3.58. The molecular formula is C12H14Cl2FNO. The zero-order valence-electron chi connectivity index (χ0n) is 9.69. The number of carbonyl (C=O) groups excluding carboxylic acids is 1. The largest absolute Gasteiger partial charge is 0.344 e. The molecule has 0 aliphatic carbocycles. The van der Waals surface area contributed by atoms with E-state index in [1.165, 1.54) is 12.1 Å². The molecule has 1 aromatic carbocycles. The lowest BCUT2D eigenvalue weighted by Crippen LogP contribution is -2.49. The summed E-state index contributed by atoms with van der Waals surface area (Å²) in [6, 6.07) is 4.07. The van der Waals surface area contributed by atoms with Crippen LogP contribution >= 0.6 is 23.2 Å². The van der Waals surface area contributed by atoms with Crippen molar-refractivity contribution in [2.24, 2.45) is 0 Å². The van der Waals surface area contributed by atoms with Gasteiger partial charge in [0.2, 0.25) is 0 Å². The van der Waals surface area contributed by atoms with Gasteiger partial charge in [-0.2, -0.15) is 0 Å². The second-order valence-corrected chi connectivity index (χ2v) is 4.78. The normalized spacial score (nSPS) is 11.4. The van der Waals surface area contributed by atoms with Crippen LogP contribution < -0.4 is 5.32 Å². The third-order valence-corrected chi connectivity index (χ3v) is 3.63. The molecule has 0 aliphatic rings. The molecule has 0 aliphatic heterocycles. The Bertz CT molecular complexity index is 419. The fraction of sp³-hybridized carbons (Fsp3) is 0.417. The first kappa shape index (κ1) is 14.3. The van der Waals surface area contributed by atoms with Crippen LogP contribution in [0.15, 0.2) is 18.2 Å². The van der Waals surface area contributed by atoms with E-state index >= 15 is 0 Å². The maximum Gasteiger partial charge on any atom is 0.252 e. The first-order chi connectivity index (χ1) is 7.91. The number of aryl methyl sites for hydroxylation is 1. The summed E-state index contributed by atoms with van der Waals surface area (Å²) < 4.78 is 13.1. The number of benzene rings is 1. The molecule has 0 bridgehead atoms. The van der Waals surface area contributed by atoms with Gasteiger partial charge in [0.25, 0.3) is 5.91 Å². The first-order valence-electron chi connectivity index (χ1n) is 5.12. The van der Waals surface area contributed by atoms with E-state index in [4.69, 9.17) is 23.2 Å². The highest BCUT2D eigenvalue weighted by Gasteiger charge is 2.25. The molecule has 1 N–H and O–H groups in total. The molecule has 0 radical (unpaired) electrons. The Kier molecular flexibility index (Phi) is 4.78. The second kappa shape index (κ2) is 5.69. The molecular weight excluding hydrogens is 264 g/mol. The molecule has 0 heterocycles. The number of hydrogen-bond donors (Lipinski definition) is 1. The summed E-state index contributed by atoms with van der Waals surface area (Å²) in [6.07, 6.45) is 0. The highest BCUT2D eigenvalue weighted by molar-refractivity contribution is 6.22. The topological polar surface area (TPSA) is 29.1 Å². The van der Waals surface area contributed by atoms with Crippen LogP contribution in [0, 0.1) is 12.7 Å². The maximum atomic E-state index is 13.1. The number of amides is 1. The van der Waals surface area contributed by atoms with E-state index in [2.05, 4.69) is 5.32 Å². The molecule has 0 spiro atoms. The number of halogens is 3. The highest BCUT2D eigenvalue weighted by Crippen LogP contribution is 2.14. The zero-order valence-corrected chi connectivity index (χ0v) is 11.2. The molecule has 0 aromatic heterocycles. The number of rotatable bonds is 4. The van der Waals surface area contributed by atoms with Crippen molar-refractivity contribution in [3.8, 4) is 0 Å². The molecule has 0 saturated heterocycles. The van der Waals surface area contributed by atoms with Gasteiger partial charge < -0.3 is 5.32 Å². The summed E-state index contributed by atoms with van der Waals surface area (Å²) in [5.74, 6) is -0.433. The van der Waals surface area contributed by atoms with Crippen molar-refractivity contribution in [2.75, 3.05) is 11.8 Å². The van der Waals surface area contributed by atoms with Crippen molar-refractivity contribution in [1.29, 1.82) is 0 Å². The average Bonchev–Trinajstić information content (AvgIpc) is 2.32. The predicted octanol–water partition coefficient (Wildman–Crippen LogP) is 3.10. The van der Waals surface area contributed by atoms with Crippen molar-refractivity contribution >= 4 is 29.1 Å². The van der Waals surface area contributed by atoms with E-state index < -0.39 is 11.4 Å². The van der Waals surface area contributed by atoms with Gasteiger partial charge >= 0.3 is 0 Å². The van der Waals surface area contributed by atoms with Crippen LogP contribution in [0.3, 0.4) is 0 Å². The van der Waals surface area contributed by atoms with Crippen molar-refractivity contribution in [1.82, 2.24) is 5.32 Å². The third-order valence-electron chi connectivity index (χ3n) is 2.45. The quantitative estimate of drug-likeness (QED) is 0.842. The van der Waals surface area contributed by atoms with Gasteiger partial charge in [-0.3, -0.25) is 4.79 Å². The second-order valence-electron chi connectivity index (χ2n) is 4.24. The molecule has 0 atom stereocenters. The number of hydrogen-bond acceptors (Lipinski definition) is 1. The molecule has 0 saturated carbocycles.